The number of ether oxygens (including phenoxy) is 1. The van der Waals surface area contributed by atoms with E-state index in [0.29, 0.717) is 51.1 Å². The Balaban J connectivity index is 0.00000432. The molecule has 0 bridgehead atoms. The summed E-state index contributed by atoms with van der Waals surface area (Å²) in [6.45, 7) is 2.57. The fourth-order valence-corrected chi connectivity index (χ4v) is 4.46. The topological polar surface area (TPSA) is 117 Å². The van der Waals surface area contributed by atoms with Crippen molar-refractivity contribution >= 4 is 64.9 Å². The lowest BCUT2D eigenvalue weighted by Crippen LogP contribution is -2.43. The van der Waals surface area contributed by atoms with Crippen LogP contribution < -0.4 is 21.1 Å². The molecule has 5 N–H and O–H groups in total. The summed E-state index contributed by atoms with van der Waals surface area (Å²) < 4.78 is 5.25. The Morgan fingerprint density at radius 3 is 2.43 bits per heavy atom. The predicted octanol–water partition coefficient (Wildman–Crippen LogP) is 5.11. The first kappa shape index (κ1) is 29.1. The summed E-state index contributed by atoms with van der Waals surface area (Å²) in [5, 5.41) is 15.9. The number of carbonyl (C=O) groups excluding carboxylic acids is 1. The zero-order valence-corrected chi connectivity index (χ0v) is 22.1. The molecule has 2 amide bonds. The van der Waals surface area contributed by atoms with Gasteiger partial charge in [-0.15, -0.1) is 12.4 Å². The fraction of sp³-hybridized carbons (Fsp3) is 0.391. The molecular weight excluding hydrogens is 538 g/mol. The number of piperidine rings is 1. The van der Waals surface area contributed by atoms with Crippen molar-refractivity contribution in [2.45, 2.75) is 18.9 Å². The molecular formula is C23H28Cl4N4O4. The fourth-order valence-electron chi connectivity index (χ4n) is 3.99. The van der Waals surface area contributed by atoms with Crippen LogP contribution >= 0.6 is 47.2 Å². The molecule has 3 rings (SSSR count). The molecule has 0 spiro atoms. The van der Waals surface area contributed by atoms with Gasteiger partial charge in [-0.25, -0.2) is 4.79 Å². The molecule has 1 aliphatic rings. The molecule has 35 heavy (non-hydrogen) atoms. The number of hydrogen-bond acceptors (Lipinski definition) is 5. The van der Waals surface area contributed by atoms with E-state index in [1.807, 2.05) is 0 Å². The summed E-state index contributed by atoms with van der Waals surface area (Å²) in [4.78, 5) is 26.2. The monoisotopic (exact) mass is 564 g/mol. The Labute approximate surface area is 225 Å². The molecule has 8 nitrogen and oxygen atoms in total. The number of benzene rings is 2. The van der Waals surface area contributed by atoms with Crippen molar-refractivity contribution in [2.75, 3.05) is 39.0 Å². The largest absolute Gasteiger partial charge is 0.496 e. The molecule has 0 aromatic heterocycles. The molecule has 2 aromatic carbocycles. The summed E-state index contributed by atoms with van der Waals surface area (Å²) in [7, 11) is 1.47. The molecule has 0 aliphatic carbocycles. The van der Waals surface area contributed by atoms with Crippen LogP contribution in [-0.4, -0.2) is 55.3 Å². The van der Waals surface area contributed by atoms with E-state index >= 15 is 0 Å². The highest BCUT2D eigenvalue weighted by molar-refractivity contribution is 6.42. The van der Waals surface area contributed by atoms with E-state index in [2.05, 4.69) is 15.5 Å². The lowest BCUT2D eigenvalue weighted by atomic mass is 9.95. The third kappa shape index (κ3) is 7.95. The zero-order valence-electron chi connectivity index (χ0n) is 19.0. The van der Waals surface area contributed by atoms with Crippen LogP contribution in [0.15, 0.2) is 30.3 Å². The van der Waals surface area contributed by atoms with E-state index in [-0.39, 0.29) is 18.3 Å². The highest BCUT2D eigenvalue weighted by atomic mass is 35.5. The minimum Gasteiger partial charge on any atom is -0.496 e. The van der Waals surface area contributed by atoms with Crippen LogP contribution in [0.4, 0.5) is 10.5 Å². The van der Waals surface area contributed by atoms with Crippen molar-refractivity contribution in [3.8, 4) is 5.75 Å². The summed E-state index contributed by atoms with van der Waals surface area (Å²) in [5.74, 6) is 0.395. The molecule has 12 heteroatoms. The Kier molecular flexibility index (Phi) is 11.0. The van der Waals surface area contributed by atoms with Crippen LogP contribution in [0.1, 0.15) is 34.8 Å². The van der Waals surface area contributed by atoms with E-state index in [1.54, 1.807) is 18.2 Å². The highest BCUT2D eigenvalue weighted by Crippen LogP contribution is 2.29. The van der Waals surface area contributed by atoms with Gasteiger partial charge < -0.3 is 31.1 Å². The van der Waals surface area contributed by atoms with Gasteiger partial charge in [-0.05, 0) is 55.6 Å². The highest BCUT2D eigenvalue weighted by Gasteiger charge is 2.25. The van der Waals surface area contributed by atoms with Crippen LogP contribution in [0.25, 0.3) is 0 Å². The van der Waals surface area contributed by atoms with Gasteiger partial charge in [-0.1, -0.05) is 40.9 Å². The number of carbonyl (C=O) groups is 2. The quantitative estimate of drug-likeness (QED) is 0.330. The number of anilines is 1. The van der Waals surface area contributed by atoms with Crippen LogP contribution in [0, 0.1) is 5.92 Å². The standard InChI is InChI=1S/C23H27Cl3N4O4.ClH/c1-34-21-10-19(27)18(26)9-15(21)22(31)28-11-13-4-6-30(7-5-13)12-20(29-23(32)33)14-2-3-16(24)17(25)8-14;/h2-3,8-10,13,20,29H,4-7,11-12,27H2,1H3,(H,28,31)(H,32,33);1H. The Morgan fingerprint density at radius 1 is 1.14 bits per heavy atom. The smallest absolute Gasteiger partial charge is 0.405 e. The first-order valence-electron chi connectivity index (χ1n) is 10.8. The number of methoxy groups -OCH3 is 1. The van der Waals surface area contributed by atoms with Gasteiger partial charge >= 0.3 is 6.09 Å². The minimum atomic E-state index is -1.10. The summed E-state index contributed by atoms with van der Waals surface area (Å²) >= 11 is 18.2. The maximum Gasteiger partial charge on any atom is 0.405 e. The molecule has 1 atom stereocenters. The van der Waals surface area contributed by atoms with Gasteiger partial charge in [-0.2, -0.15) is 0 Å². The van der Waals surface area contributed by atoms with Gasteiger partial charge in [0.05, 0.1) is 39.5 Å². The van der Waals surface area contributed by atoms with Crippen LogP contribution in [-0.2, 0) is 0 Å². The number of rotatable bonds is 8. The first-order valence-corrected chi connectivity index (χ1v) is 11.9. The number of hydrogen-bond donors (Lipinski definition) is 4. The zero-order chi connectivity index (χ0) is 24.8. The summed E-state index contributed by atoms with van der Waals surface area (Å²) in [6, 6.07) is 7.72. The third-order valence-corrected chi connectivity index (χ3v) is 6.97. The SMILES string of the molecule is COc1cc(N)c(Cl)cc1C(=O)NCC1CCN(CC(NC(=O)O)c2ccc(Cl)c(Cl)c2)CC1.Cl. The average Bonchev–Trinajstić information content (AvgIpc) is 2.81. The van der Waals surface area contributed by atoms with Crippen LogP contribution in [0.5, 0.6) is 5.75 Å². The van der Waals surface area contributed by atoms with E-state index < -0.39 is 12.1 Å². The van der Waals surface area contributed by atoms with Crippen molar-refractivity contribution in [3.63, 3.8) is 0 Å². The van der Waals surface area contributed by atoms with Crippen molar-refractivity contribution in [1.82, 2.24) is 15.5 Å². The second-order valence-corrected chi connectivity index (χ2v) is 9.43. The number of halogens is 4. The third-order valence-electron chi connectivity index (χ3n) is 5.91. The second kappa shape index (κ2) is 13.3. The number of nitrogens with zero attached hydrogens (tertiary/aromatic N) is 1. The van der Waals surface area contributed by atoms with E-state index in [4.69, 9.17) is 45.3 Å². The Morgan fingerprint density at radius 2 is 1.83 bits per heavy atom. The minimum absolute atomic E-state index is 0. The van der Waals surface area contributed by atoms with Gasteiger partial charge in [0.1, 0.15) is 5.75 Å². The molecule has 2 aromatic rings. The molecule has 0 radical (unpaired) electrons. The van der Waals surface area contributed by atoms with E-state index in [0.717, 1.165) is 31.5 Å². The van der Waals surface area contributed by atoms with Crippen molar-refractivity contribution in [2.24, 2.45) is 5.92 Å². The van der Waals surface area contributed by atoms with E-state index in [1.165, 1.54) is 19.2 Å². The average molecular weight is 566 g/mol. The van der Waals surface area contributed by atoms with E-state index in [9.17, 15) is 14.7 Å². The second-order valence-electron chi connectivity index (χ2n) is 8.20. The lowest BCUT2D eigenvalue weighted by molar-refractivity contribution is 0.0932. The Bertz CT molecular complexity index is 1050. The van der Waals surface area contributed by atoms with Gasteiger partial charge in [0.2, 0.25) is 0 Å². The maximum absolute atomic E-state index is 12.7. The first-order chi connectivity index (χ1) is 16.2. The van der Waals surface area contributed by atoms with Gasteiger partial charge in [0.25, 0.3) is 5.91 Å². The molecule has 192 valence electrons. The maximum atomic E-state index is 12.7. The van der Waals surface area contributed by atoms with Gasteiger partial charge in [0, 0.05) is 19.2 Å². The van der Waals surface area contributed by atoms with Gasteiger partial charge in [0.15, 0.2) is 0 Å². The van der Waals surface area contributed by atoms with Crippen LogP contribution in [0.3, 0.4) is 0 Å². The number of carboxylic acid groups (broad SMARTS) is 1. The van der Waals surface area contributed by atoms with Crippen molar-refractivity contribution in [1.29, 1.82) is 0 Å². The van der Waals surface area contributed by atoms with Crippen molar-refractivity contribution < 1.29 is 19.4 Å². The summed E-state index contributed by atoms with van der Waals surface area (Å²) in [5.41, 5.74) is 7.22. The molecule has 1 fully saturated rings. The Hall–Kier alpha value is -2.10. The molecule has 1 saturated heterocycles. The number of nitrogens with two attached hydrogens (primary N) is 1. The van der Waals surface area contributed by atoms with Crippen LogP contribution in [0.2, 0.25) is 15.1 Å². The molecule has 1 aliphatic heterocycles. The molecule has 1 unspecified atom stereocenters. The normalized spacial score (nSPS) is 15.1. The lowest BCUT2D eigenvalue weighted by Gasteiger charge is -2.34. The predicted molar refractivity (Wildman–Crippen MR) is 142 cm³/mol. The number of likely N-dealkylation sites (tertiary alicyclic amines) is 1. The number of nitrogen functional groups attached to an aromatic ring is 1. The number of nitrogens with one attached hydrogen (secondary N) is 2. The molecule has 1 heterocycles. The number of amides is 2. The van der Waals surface area contributed by atoms with Crippen molar-refractivity contribution in [3.05, 3.63) is 56.5 Å². The van der Waals surface area contributed by atoms with Gasteiger partial charge in [-0.3, -0.25) is 4.79 Å². The summed E-state index contributed by atoms with van der Waals surface area (Å²) in [6.07, 6.45) is 0.620. The molecule has 0 saturated carbocycles.